The fourth-order valence-electron chi connectivity index (χ4n) is 3.54. The Kier molecular flexibility index (Phi) is 3.71. The van der Waals surface area contributed by atoms with Crippen molar-refractivity contribution >= 4 is 21.8 Å². The van der Waals surface area contributed by atoms with Crippen LogP contribution in [0.15, 0.2) is 46.6 Å². The van der Waals surface area contributed by atoms with Gasteiger partial charge in [-0.3, -0.25) is 9.30 Å². The van der Waals surface area contributed by atoms with Crippen LogP contribution in [-0.2, 0) is 10.0 Å². The van der Waals surface area contributed by atoms with Crippen LogP contribution in [0.1, 0.15) is 31.4 Å². The first-order chi connectivity index (χ1) is 10.7. The summed E-state index contributed by atoms with van der Waals surface area (Å²) in [5.74, 6) is 0. The molecule has 5 heteroatoms. The second-order valence-electron chi connectivity index (χ2n) is 6.47. The van der Waals surface area contributed by atoms with Gasteiger partial charge in [0, 0.05) is 18.7 Å². The number of benzene rings is 1. The quantitative estimate of drug-likeness (QED) is 0.836. The van der Waals surface area contributed by atoms with E-state index in [0.717, 1.165) is 28.1 Å². The van der Waals surface area contributed by atoms with Crippen LogP contribution in [0, 0.1) is 6.92 Å². The zero-order chi connectivity index (χ0) is 16.8. The van der Waals surface area contributed by atoms with Crippen LogP contribution < -0.4 is 0 Å². The lowest BCUT2D eigenvalue weighted by atomic mass is 9.88. The standard InChI is InChI=1S/C18H22N2O2S/c1-13-6-5-7-16(10-13)12-17-18(14(2)11-15(3)19-18)8-9-20(17)23(4,21)22/h5-7,10-12H,8-9H2,1-4H3/b17-12+/t18-/m1/s1. The molecule has 2 aliphatic rings. The van der Waals surface area contributed by atoms with Crippen molar-refractivity contribution in [3.63, 3.8) is 0 Å². The third-order valence-electron chi connectivity index (χ3n) is 4.56. The summed E-state index contributed by atoms with van der Waals surface area (Å²) >= 11 is 0. The number of hydrogen-bond donors (Lipinski definition) is 0. The van der Waals surface area contributed by atoms with Crippen LogP contribution in [0.25, 0.3) is 6.08 Å². The van der Waals surface area contributed by atoms with Gasteiger partial charge in [0.15, 0.2) is 0 Å². The summed E-state index contributed by atoms with van der Waals surface area (Å²) < 4.78 is 26.0. The van der Waals surface area contributed by atoms with Gasteiger partial charge in [-0.05, 0) is 44.1 Å². The second kappa shape index (κ2) is 5.34. The number of sulfonamides is 1. The molecule has 0 N–H and O–H groups in total. The Hall–Kier alpha value is -1.88. The summed E-state index contributed by atoms with van der Waals surface area (Å²) in [4.78, 5) is 4.81. The molecule has 122 valence electrons. The van der Waals surface area contributed by atoms with Gasteiger partial charge in [-0.25, -0.2) is 8.42 Å². The molecule has 1 saturated heterocycles. The second-order valence-corrected chi connectivity index (χ2v) is 8.38. The zero-order valence-corrected chi connectivity index (χ0v) is 14.8. The first-order valence-electron chi connectivity index (χ1n) is 7.74. The van der Waals surface area contributed by atoms with Gasteiger partial charge in [-0.2, -0.15) is 0 Å². The molecule has 1 fully saturated rings. The van der Waals surface area contributed by atoms with Crippen molar-refractivity contribution in [2.45, 2.75) is 32.7 Å². The third kappa shape index (κ3) is 2.74. The van der Waals surface area contributed by atoms with E-state index in [-0.39, 0.29) is 0 Å². The van der Waals surface area contributed by atoms with Crippen LogP contribution in [0.2, 0.25) is 0 Å². The molecule has 1 spiro atoms. The molecular weight excluding hydrogens is 308 g/mol. The molecule has 0 aliphatic carbocycles. The fraction of sp³-hybridized carbons (Fsp3) is 0.389. The first kappa shape index (κ1) is 16.0. The highest BCUT2D eigenvalue weighted by atomic mass is 32.2. The Labute approximate surface area is 138 Å². The van der Waals surface area contributed by atoms with Gasteiger partial charge in [-0.15, -0.1) is 0 Å². The van der Waals surface area contributed by atoms with E-state index < -0.39 is 15.6 Å². The summed E-state index contributed by atoms with van der Waals surface area (Å²) in [5, 5.41) is 0. The molecule has 0 bridgehead atoms. The van der Waals surface area contributed by atoms with Crippen LogP contribution in [0.4, 0.5) is 0 Å². The van der Waals surface area contributed by atoms with Crippen molar-refractivity contribution in [1.82, 2.24) is 4.31 Å². The molecule has 0 saturated carbocycles. The van der Waals surface area contributed by atoms with Crippen LogP contribution in [0.3, 0.4) is 0 Å². The smallest absolute Gasteiger partial charge is 0.232 e. The zero-order valence-electron chi connectivity index (χ0n) is 14.0. The Morgan fingerprint density at radius 1 is 1.26 bits per heavy atom. The number of aliphatic imine (C=N–C) groups is 1. The fourth-order valence-corrected chi connectivity index (χ4v) is 4.52. The van der Waals surface area contributed by atoms with Gasteiger partial charge < -0.3 is 0 Å². The van der Waals surface area contributed by atoms with Crippen molar-refractivity contribution in [1.29, 1.82) is 0 Å². The van der Waals surface area contributed by atoms with E-state index >= 15 is 0 Å². The van der Waals surface area contributed by atoms with Crippen molar-refractivity contribution in [2.24, 2.45) is 4.99 Å². The van der Waals surface area contributed by atoms with Gasteiger partial charge in [0.25, 0.3) is 0 Å². The lowest BCUT2D eigenvalue weighted by Gasteiger charge is -2.27. The average molecular weight is 330 g/mol. The number of rotatable bonds is 2. The Morgan fingerprint density at radius 3 is 2.57 bits per heavy atom. The molecule has 3 rings (SSSR count). The SMILES string of the molecule is CC1=CC(C)=N[C@]12CCN(S(C)(=O)=O)/C2=C/c1cccc(C)c1. The molecule has 4 nitrogen and oxygen atoms in total. The summed E-state index contributed by atoms with van der Waals surface area (Å²) in [5.41, 5.74) is 4.44. The van der Waals surface area contributed by atoms with E-state index in [9.17, 15) is 8.42 Å². The summed E-state index contributed by atoms with van der Waals surface area (Å²) in [6.07, 6.45) is 5.98. The normalized spacial score (nSPS) is 26.1. The molecule has 0 amide bonds. The highest BCUT2D eigenvalue weighted by Gasteiger charge is 2.48. The minimum atomic E-state index is -3.32. The summed E-state index contributed by atoms with van der Waals surface area (Å²) in [6, 6.07) is 8.07. The molecular formula is C18H22N2O2S. The van der Waals surface area contributed by atoms with E-state index in [4.69, 9.17) is 4.99 Å². The van der Waals surface area contributed by atoms with Crippen molar-refractivity contribution in [3.05, 3.63) is 52.7 Å². The summed E-state index contributed by atoms with van der Waals surface area (Å²) in [6.45, 7) is 6.50. The Bertz CT molecular complexity index is 850. The third-order valence-corrected chi connectivity index (χ3v) is 5.74. The number of hydrogen-bond acceptors (Lipinski definition) is 3. The van der Waals surface area contributed by atoms with Crippen molar-refractivity contribution in [3.8, 4) is 0 Å². The van der Waals surface area contributed by atoms with E-state index in [2.05, 4.69) is 12.1 Å². The van der Waals surface area contributed by atoms with Crippen molar-refractivity contribution < 1.29 is 8.42 Å². The predicted octanol–water partition coefficient (Wildman–Crippen LogP) is 3.16. The van der Waals surface area contributed by atoms with Crippen LogP contribution in [0.5, 0.6) is 0 Å². The number of aryl methyl sites for hydroxylation is 1. The molecule has 2 heterocycles. The molecule has 0 aromatic heterocycles. The minimum absolute atomic E-state index is 0.471. The largest absolute Gasteiger partial charge is 0.273 e. The van der Waals surface area contributed by atoms with E-state index in [1.165, 1.54) is 10.6 Å². The van der Waals surface area contributed by atoms with E-state index in [1.807, 2.05) is 45.0 Å². The highest BCUT2D eigenvalue weighted by molar-refractivity contribution is 7.88. The molecule has 0 unspecified atom stereocenters. The minimum Gasteiger partial charge on any atom is -0.273 e. The topological polar surface area (TPSA) is 49.7 Å². The maximum absolute atomic E-state index is 12.2. The molecule has 2 aliphatic heterocycles. The Morgan fingerprint density at radius 2 is 2.00 bits per heavy atom. The number of allylic oxidation sites excluding steroid dienone is 1. The first-order valence-corrected chi connectivity index (χ1v) is 9.59. The van der Waals surface area contributed by atoms with E-state index in [1.54, 1.807) is 0 Å². The molecule has 1 aromatic carbocycles. The van der Waals surface area contributed by atoms with Gasteiger partial charge in [0.05, 0.1) is 12.0 Å². The molecule has 1 atom stereocenters. The number of nitrogens with zero attached hydrogens (tertiary/aromatic N) is 2. The van der Waals surface area contributed by atoms with Gasteiger partial charge in [-0.1, -0.05) is 29.8 Å². The van der Waals surface area contributed by atoms with Crippen LogP contribution in [-0.4, -0.2) is 36.8 Å². The van der Waals surface area contributed by atoms with E-state index in [0.29, 0.717) is 13.0 Å². The van der Waals surface area contributed by atoms with Crippen molar-refractivity contribution in [2.75, 3.05) is 12.8 Å². The monoisotopic (exact) mass is 330 g/mol. The molecule has 1 aromatic rings. The summed E-state index contributed by atoms with van der Waals surface area (Å²) in [7, 11) is -3.32. The Balaban J connectivity index is 2.19. The van der Waals surface area contributed by atoms with Gasteiger partial charge in [0.1, 0.15) is 5.54 Å². The van der Waals surface area contributed by atoms with Gasteiger partial charge >= 0.3 is 0 Å². The lowest BCUT2D eigenvalue weighted by Crippen LogP contribution is -2.32. The van der Waals surface area contributed by atoms with Gasteiger partial charge in [0.2, 0.25) is 10.0 Å². The average Bonchev–Trinajstić information content (AvgIpc) is 2.91. The predicted molar refractivity (Wildman–Crippen MR) is 94.9 cm³/mol. The van der Waals surface area contributed by atoms with Crippen LogP contribution >= 0.6 is 0 Å². The lowest BCUT2D eigenvalue weighted by molar-refractivity contribution is 0.515. The molecule has 23 heavy (non-hydrogen) atoms. The highest BCUT2D eigenvalue weighted by Crippen LogP contribution is 2.45. The molecule has 0 radical (unpaired) electrons. The maximum Gasteiger partial charge on any atom is 0.232 e. The maximum atomic E-state index is 12.2.